The molecular weight excluding hydrogens is 212 g/mol. The van der Waals surface area contributed by atoms with Crippen molar-refractivity contribution in [2.24, 2.45) is 0 Å². The molecule has 1 aliphatic rings. The number of carboxylic acids is 1. The first-order chi connectivity index (χ1) is 7.49. The van der Waals surface area contributed by atoms with Crippen LogP contribution in [0.25, 0.3) is 0 Å². The molecule has 1 fully saturated rings. The fourth-order valence-electron chi connectivity index (χ4n) is 1.61. The number of hydrogen-bond donors (Lipinski definition) is 2. The Labute approximate surface area is 94.6 Å². The summed E-state index contributed by atoms with van der Waals surface area (Å²) < 4.78 is 5.25. The first kappa shape index (κ1) is 12.9. The summed E-state index contributed by atoms with van der Waals surface area (Å²) in [5.74, 6) is -1.01. The van der Waals surface area contributed by atoms with Crippen LogP contribution in [0, 0.1) is 0 Å². The number of carbonyl (C=O) groups is 2. The third-order valence-corrected chi connectivity index (χ3v) is 2.37. The second-order valence-electron chi connectivity index (χ2n) is 4.20. The minimum absolute atomic E-state index is 0.0765. The lowest BCUT2D eigenvalue weighted by atomic mass is 10.2. The van der Waals surface area contributed by atoms with Crippen LogP contribution in [-0.2, 0) is 14.3 Å². The molecule has 0 saturated carbocycles. The Morgan fingerprint density at radius 3 is 2.62 bits per heavy atom. The average Bonchev–Trinajstić information content (AvgIpc) is 2.61. The van der Waals surface area contributed by atoms with Crippen LogP contribution in [0.15, 0.2) is 0 Å². The molecule has 1 saturated heterocycles. The SMILES string of the molecule is CN(C)CC(=O)NCC1CCC(C(=O)O)O1. The number of amides is 1. The quantitative estimate of drug-likeness (QED) is 0.652. The standard InChI is InChI=1S/C10H18N2O4/c1-12(2)6-9(13)11-5-7-3-4-8(16-7)10(14)15/h7-8H,3-6H2,1-2H3,(H,11,13)(H,14,15). The van der Waals surface area contributed by atoms with Crippen LogP contribution >= 0.6 is 0 Å². The van der Waals surface area contributed by atoms with E-state index < -0.39 is 12.1 Å². The Morgan fingerprint density at radius 2 is 2.12 bits per heavy atom. The maximum Gasteiger partial charge on any atom is 0.332 e. The predicted octanol–water partition coefficient (Wildman–Crippen LogP) is -0.704. The minimum Gasteiger partial charge on any atom is -0.479 e. The molecule has 92 valence electrons. The summed E-state index contributed by atoms with van der Waals surface area (Å²) in [6.07, 6.45) is 0.311. The van der Waals surface area contributed by atoms with Gasteiger partial charge in [-0.25, -0.2) is 4.79 Å². The molecule has 1 heterocycles. The highest BCUT2D eigenvalue weighted by Gasteiger charge is 2.30. The van der Waals surface area contributed by atoms with Gasteiger partial charge in [-0.3, -0.25) is 4.79 Å². The van der Waals surface area contributed by atoms with Crippen LogP contribution in [0.3, 0.4) is 0 Å². The highest BCUT2D eigenvalue weighted by atomic mass is 16.5. The Kier molecular flexibility index (Phi) is 4.70. The van der Waals surface area contributed by atoms with E-state index in [-0.39, 0.29) is 12.0 Å². The fourth-order valence-corrected chi connectivity index (χ4v) is 1.61. The molecule has 0 radical (unpaired) electrons. The van der Waals surface area contributed by atoms with Crippen LogP contribution in [0.4, 0.5) is 0 Å². The zero-order valence-corrected chi connectivity index (χ0v) is 9.60. The van der Waals surface area contributed by atoms with Gasteiger partial charge in [0.2, 0.25) is 5.91 Å². The molecule has 0 aromatic carbocycles. The minimum atomic E-state index is -0.929. The molecular formula is C10H18N2O4. The maximum atomic E-state index is 11.3. The van der Waals surface area contributed by atoms with E-state index in [1.807, 2.05) is 14.1 Å². The summed E-state index contributed by atoms with van der Waals surface area (Å²) in [4.78, 5) is 23.7. The van der Waals surface area contributed by atoms with Gasteiger partial charge in [-0.1, -0.05) is 0 Å². The first-order valence-corrected chi connectivity index (χ1v) is 5.28. The van der Waals surface area contributed by atoms with Crippen molar-refractivity contribution in [2.75, 3.05) is 27.2 Å². The van der Waals surface area contributed by atoms with Gasteiger partial charge in [-0.15, -0.1) is 0 Å². The molecule has 6 nitrogen and oxygen atoms in total. The number of nitrogens with zero attached hydrogens (tertiary/aromatic N) is 1. The molecule has 0 bridgehead atoms. The van der Waals surface area contributed by atoms with Crippen molar-refractivity contribution in [3.05, 3.63) is 0 Å². The second kappa shape index (κ2) is 5.81. The molecule has 16 heavy (non-hydrogen) atoms. The Hall–Kier alpha value is -1.14. The molecule has 0 spiro atoms. The highest BCUT2D eigenvalue weighted by Crippen LogP contribution is 2.18. The number of carboxylic acid groups (broad SMARTS) is 1. The molecule has 1 amide bonds. The van der Waals surface area contributed by atoms with Gasteiger partial charge in [0.15, 0.2) is 6.10 Å². The molecule has 0 aromatic rings. The number of carbonyl (C=O) groups excluding carboxylic acids is 1. The van der Waals surface area contributed by atoms with Crippen molar-refractivity contribution >= 4 is 11.9 Å². The normalized spacial score (nSPS) is 24.7. The van der Waals surface area contributed by atoms with Crippen molar-refractivity contribution in [3.8, 4) is 0 Å². The van der Waals surface area contributed by atoms with Gasteiger partial charge in [0.1, 0.15) is 0 Å². The van der Waals surface area contributed by atoms with E-state index in [2.05, 4.69) is 5.32 Å². The van der Waals surface area contributed by atoms with E-state index in [1.165, 1.54) is 0 Å². The third kappa shape index (κ3) is 4.16. The lowest BCUT2D eigenvalue weighted by molar-refractivity contribution is -0.149. The van der Waals surface area contributed by atoms with E-state index in [4.69, 9.17) is 9.84 Å². The van der Waals surface area contributed by atoms with Crippen molar-refractivity contribution in [3.63, 3.8) is 0 Å². The van der Waals surface area contributed by atoms with Gasteiger partial charge >= 0.3 is 5.97 Å². The number of hydrogen-bond acceptors (Lipinski definition) is 4. The lowest BCUT2D eigenvalue weighted by Crippen LogP contribution is -2.38. The van der Waals surface area contributed by atoms with Crippen molar-refractivity contribution in [2.45, 2.75) is 25.0 Å². The van der Waals surface area contributed by atoms with Gasteiger partial charge in [0.05, 0.1) is 12.6 Å². The van der Waals surface area contributed by atoms with E-state index in [0.29, 0.717) is 25.9 Å². The van der Waals surface area contributed by atoms with Crippen LogP contribution in [0.2, 0.25) is 0 Å². The highest BCUT2D eigenvalue weighted by molar-refractivity contribution is 5.78. The monoisotopic (exact) mass is 230 g/mol. The summed E-state index contributed by atoms with van der Waals surface area (Å²) >= 11 is 0. The molecule has 1 rings (SSSR count). The molecule has 2 unspecified atom stereocenters. The van der Waals surface area contributed by atoms with Crippen LogP contribution in [-0.4, -0.2) is 61.3 Å². The molecule has 0 aliphatic carbocycles. The maximum absolute atomic E-state index is 11.3. The molecule has 0 aromatic heterocycles. The number of rotatable bonds is 5. The topological polar surface area (TPSA) is 78.9 Å². The second-order valence-corrected chi connectivity index (χ2v) is 4.20. The summed E-state index contributed by atoms with van der Waals surface area (Å²) in [6.45, 7) is 0.714. The summed E-state index contributed by atoms with van der Waals surface area (Å²) in [5.41, 5.74) is 0. The fraction of sp³-hybridized carbons (Fsp3) is 0.800. The number of likely N-dealkylation sites (N-methyl/N-ethyl adjacent to an activating group) is 1. The number of aliphatic carboxylic acids is 1. The first-order valence-electron chi connectivity index (χ1n) is 5.28. The molecule has 2 atom stereocenters. The third-order valence-electron chi connectivity index (χ3n) is 2.37. The summed E-state index contributed by atoms with van der Waals surface area (Å²) in [6, 6.07) is 0. The Balaban J connectivity index is 2.20. The zero-order chi connectivity index (χ0) is 12.1. The predicted molar refractivity (Wildman–Crippen MR) is 57.1 cm³/mol. The van der Waals surface area contributed by atoms with Gasteiger partial charge in [-0.2, -0.15) is 0 Å². The molecule has 1 aliphatic heterocycles. The van der Waals surface area contributed by atoms with Gasteiger partial charge in [0.25, 0.3) is 0 Å². The van der Waals surface area contributed by atoms with Crippen LogP contribution in [0.5, 0.6) is 0 Å². The summed E-state index contributed by atoms with van der Waals surface area (Å²) in [5, 5.41) is 11.4. The zero-order valence-electron chi connectivity index (χ0n) is 9.60. The van der Waals surface area contributed by atoms with Crippen LogP contribution < -0.4 is 5.32 Å². The molecule has 6 heteroatoms. The number of ether oxygens (including phenoxy) is 1. The Morgan fingerprint density at radius 1 is 1.44 bits per heavy atom. The van der Waals surface area contributed by atoms with Gasteiger partial charge < -0.3 is 20.1 Å². The lowest BCUT2D eigenvalue weighted by Gasteiger charge is -2.14. The van der Waals surface area contributed by atoms with E-state index in [0.717, 1.165) is 0 Å². The van der Waals surface area contributed by atoms with Gasteiger partial charge in [-0.05, 0) is 26.9 Å². The van der Waals surface area contributed by atoms with Crippen LogP contribution in [0.1, 0.15) is 12.8 Å². The van der Waals surface area contributed by atoms with E-state index in [9.17, 15) is 9.59 Å². The molecule has 2 N–H and O–H groups in total. The van der Waals surface area contributed by atoms with Crippen molar-refractivity contribution in [1.82, 2.24) is 10.2 Å². The average molecular weight is 230 g/mol. The van der Waals surface area contributed by atoms with Crippen molar-refractivity contribution < 1.29 is 19.4 Å². The van der Waals surface area contributed by atoms with E-state index >= 15 is 0 Å². The van der Waals surface area contributed by atoms with Gasteiger partial charge in [0, 0.05) is 6.54 Å². The Bertz CT molecular complexity index is 268. The smallest absolute Gasteiger partial charge is 0.332 e. The van der Waals surface area contributed by atoms with E-state index in [1.54, 1.807) is 4.90 Å². The number of nitrogens with one attached hydrogen (secondary N) is 1. The van der Waals surface area contributed by atoms with Crippen molar-refractivity contribution in [1.29, 1.82) is 0 Å². The largest absolute Gasteiger partial charge is 0.479 e. The summed E-state index contributed by atoms with van der Waals surface area (Å²) in [7, 11) is 3.62.